The van der Waals surface area contributed by atoms with Crippen LogP contribution in [0.25, 0.3) is 0 Å². The van der Waals surface area contributed by atoms with E-state index in [1.165, 1.54) is 37.5 Å². The number of nitrogens with one attached hydrogen (secondary N) is 1. The van der Waals surface area contributed by atoms with Crippen molar-refractivity contribution in [1.82, 2.24) is 9.97 Å². The van der Waals surface area contributed by atoms with Gasteiger partial charge >= 0.3 is 0 Å². The Hall–Kier alpha value is -2.74. The topological polar surface area (TPSA) is 93.6 Å². The van der Waals surface area contributed by atoms with Gasteiger partial charge in [0.15, 0.2) is 12.2 Å². The van der Waals surface area contributed by atoms with Crippen LogP contribution in [0.1, 0.15) is 29.9 Å². The van der Waals surface area contributed by atoms with Gasteiger partial charge in [-0.25, -0.2) is 9.37 Å². The van der Waals surface area contributed by atoms with Crippen molar-refractivity contribution < 1.29 is 23.8 Å². The van der Waals surface area contributed by atoms with Crippen molar-refractivity contribution in [1.29, 1.82) is 0 Å². The molecule has 134 valence electrons. The van der Waals surface area contributed by atoms with E-state index in [2.05, 4.69) is 15.3 Å². The Morgan fingerprint density at radius 1 is 1.28 bits per heavy atom. The molecule has 1 amide bonds. The number of hydrogen-bond acceptors (Lipinski definition) is 6. The molecule has 25 heavy (non-hydrogen) atoms. The van der Waals surface area contributed by atoms with E-state index in [0.29, 0.717) is 5.82 Å². The summed E-state index contributed by atoms with van der Waals surface area (Å²) in [6.07, 6.45) is 1.11. The van der Waals surface area contributed by atoms with Gasteiger partial charge in [0.05, 0.1) is 24.7 Å². The van der Waals surface area contributed by atoms with E-state index in [-0.39, 0.29) is 23.7 Å². The van der Waals surface area contributed by atoms with Crippen LogP contribution in [0, 0.1) is 6.92 Å². The molecule has 0 radical (unpaired) electrons. The fraction of sp³-hybridized carbons (Fsp3) is 0.353. The second kappa shape index (κ2) is 8.39. The second-order valence-corrected chi connectivity index (χ2v) is 5.52. The molecule has 0 fully saturated rings. The molecule has 8 heteroatoms. The first-order chi connectivity index (χ1) is 11.8. The van der Waals surface area contributed by atoms with Crippen LogP contribution in [0.4, 0.5) is 10.2 Å². The van der Waals surface area contributed by atoms with Crippen LogP contribution in [-0.2, 0) is 4.74 Å². The lowest BCUT2D eigenvalue weighted by Crippen LogP contribution is -2.21. The van der Waals surface area contributed by atoms with Crippen molar-refractivity contribution >= 4 is 11.7 Å². The number of aromatic nitrogens is 2. The summed E-state index contributed by atoms with van der Waals surface area (Å²) in [6, 6.07) is 4.12. The molecule has 0 aliphatic carbocycles. The van der Waals surface area contributed by atoms with Gasteiger partial charge in [0.25, 0.3) is 5.91 Å². The summed E-state index contributed by atoms with van der Waals surface area (Å²) in [5, 5.41) is 12.4. The van der Waals surface area contributed by atoms with Gasteiger partial charge in [-0.15, -0.1) is 0 Å². The van der Waals surface area contributed by atoms with Crippen molar-refractivity contribution in [2.75, 3.05) is 11.9 Å². The maximum Gasteiger partial charge on any atom is 0.257 e. The SMILES string of the molecule is Cc1cnc(NC(=O)c2cc(O)cc(O[C@@H](C)COC(C)F)c2)cn1. The zero-order chi connectivity index (χ0) is 18.4. The lowest BCUT2D eigenvalue weighted by Gasteiger charge is -2.16. The number of phenols is 1. The van der Waals surface area contributed by atoms with E-state index in [4.69, 9.17) is 9.47 Å². The highest BCUT2D eigenvalue weighted by Crippen LogP contribution is 2.23. The molecule has 0 saturated heterocycles. The number of carbonyl (C=O) groups excluding carboxylic acids is 1. The number of hydrogen-bond donors (Lipinski definition) is 2. The minimum absolute atomic E-state index is 0.0355. The third-order valence-corrected chi connectivity index (χ3v) is 3.07. The zero-order valence-electron chi connectivity index (χ0n) is 14.2. The molecule has 2 atom stereocenters. The summed E-state index contributed by atoms with van der Waals surface area (Å²) < 4.78 is 23.1. The van der Waals surface area contributed by atoms with Crippen LogP contribution in [-0.4, -0.2) is 40.1 Å². The number of nitrogens with zero attached hydrogens (tertiary/aromatic N) is 2. The summed E-state index contributed by atoms with van der Waals surface area (Å²) in [6.45, 7) is 4.78. The fourth-order valence-electron chi connectivity index (χ4n) is 1.96. The van der Waals surface area contributed by atoms with E-state index in [1.54, 1.807) is 13.8 Å². The minimum Gasteiger partial charge on any atom is -0.508 e. The molecular weight excluding hydrogens is 329 g/mol. The largest absolute Gasteiger partial charge is 0.508 e. The van der Waals surface area contributed by atoms with Crippen molar-refractivity contribution in [2.24, 2.45) is 0 Å². The Morgan fingerprint density at radius 3 is 2.68 bits per heavy atom. The number of benzene rings is 1. The lowest BCUT2D eigenvalue weighted by molar-refractivity contribution is -0.0524. The van der Waals surface area contributed by atoms with Crippen molar-refractivity contribution in [3.05, 3.63) is 41.9 Å². The van der Waals surface area contributed by atoms with Gasteiger partial charge in [0.2, 0.25) is 0 Å². The highest BCUT2D eigenvalue weighted by Gasteiger charge is 2.13. The summed E-state index contributed by atoms with van der Waals surface area (Å²) in [7, 11) is 0. The Labute approximate surface area is 144 Å². The predicted molar refractivity (Wildman–Crippen MR) is 89.4 cm³/mol. The molecule has 0 spiro atoms. The number of aromatic hydroxyl groups is 1. The zero-order valence-corrected chi connectivity index (χ0v) is 14.2. The first kappa shape index (κ1) is 18.6. The molecule has 7 nitrogen and oxygen atoms in total. The summed E-state index contributed by atoms with van der Waals surface area (Å²) in [4.78, 5) is 20.4. The first-order valence-corrected chi connectivity index (χ1v) is 7.70. The minimum atomic E-state index is -1.40. The summed E-state index contributed by atoms with van der Waals surface area (Å²) >= 11 is 0. The number of anilines is 1. The standard InChI is InChI=1S/C17H20FN3O4/c1-10-7-20-16(8-19-10)21-17(23)13-4-14(22)6-15(5-13)25-11(2)9-24-12(3)18/h4-8,11-12,22H,9H2,1-3H3,(H,20,21,23)/t11-,12?/m0/s1. The maximum atomic E-state index is 12.7. The number of ether oxygens (including phenoxy) is 2. The van der Waals surface area contributed by atoms with Gasteiger partial charge < -0.3 is 19.9 Å². The van der Waals surface area contributed by atoms with Gasteiger partial charge in [-0.05, 0) is 32.9 Å². The van der Waals surface area contributed by atoms with Crippen LogP contribution < -0.4 is 10.1 Å². The second-order valence-electron chi connectivity index (χ2n) is 5.52. The van der Waals surface area contributed by atoms with Crippen LogP contribution in [0.3, 0.4) is 0 Å². The molecule has 0 aliphatic rings. The highest BCUT2D eigenvalue weighted by atomic mass is 19.1. The van der Waals surface area contributed by atoms with Gasteiger partial charge in [-0.2, -0.15) is 0 Å². The van der Waals surface area contributed by atoms with Gasteiger partial charge in [-0.1, -0.05) is 0 Å². The number of halogens is 1. The number of alkyl halides is 1. The summed E-state index contributed by atoms with van der Waals surface area (Å²) in [5.74, 6) is -0.0485. The monoisotopic (exact) mass is 349 g/mol. The molecule has 0 bridgehead atoms. The molecule has 1 unspecified atom stereocenters. The molecule has 2 rings (SSSR count). The molecule has 2 aromatic rings. The molecule has 0 aliphatic heterocycles. The van der Waals surface area contributed by atoms with E-state index in [9.17, 15) is 14.3 Å². The maximum absolute atomic E-state index is 12.7. The number of carbonyl (C=O) groups is 1. The lowest BCUT2D eigenvalue weighted by atomic mass is 10.2. The molecule has 1 aromatic carbocycles. The van der Waals surface area contributed by atoms with Crippen LogP contribution in [0.5, 0.6) is 11.5 Å². The highest BCUT2D eigenvalue weighted by molar-refractivity contribution is 6.04. The third kappa shape index (κ3) is 6.00. The van der Waals surface area contributed by atoms with E-state index in [0.717, 1.165) is 5.69 Å². The van der Waals surface area contributed by atoms with Crippen molar-refractivity contribution in [2.45, 2.75) is 33.2 Å². The molecule has 1 aromatic heterocycles. The third-order valence-electron chi connectivity index (χ3n) is 3.07. The average molecular weight is 349 g/mol. The average Bonchev–Trinajstić information content (AvgIpc) is 2.54. The number of phenolic OH excluding ortho intramolecular Hbond substituents is 1. The van der Waals surface area contributed by atoms with E-state index < -0.39 is 18.4 Å². The molecular formula is C17H20FN3O4. The number of amides is 1. The van der Waals surface area contributed by atoms with Gasteiger partial charge in [0.1, 0.15) is 17.6 Å². The van der Waals surface area contributed by atoms with Crippen molar-refractivity contribution in [3.63, 3.8) is 0 Å². The molecule has 2 N–H and O–H groups in total. The van der Waals surface area contributed by atoms with E-state index in [1.807, 2.05) is 0 Å². The van der Waals surface area contributed by atoms with Crippen LogP contribution in [0.15, 0.2) is 30.6 Å². The molecule has 1 heterocycles. The van der Waals surface area contributed by atoms with E-state index >= 15 is 0 Å². The Balaban J connectivity index is 2.06. The molecule has 0 saturated carbocycles. The van der Waals surface area contributed by atoms with Crippen molar-refractivity contribution in [3.8, 4) is 11.5 Å². The number of rotatable bonds is 7. The Morgan fingerprint density at radius 2 is 2.04 bits per heavy atom. The van der Waals surface area contributed by atoms with Gasteiger partial charge in [0, 0.05) is 11.6 Å². The predicted octanol–water partition coefficient (Wildman–Crippen LogP) is 2.84. The normalized spacial score (nSPS) is 13.1. The first-order valence-electron chi connectivity index (χ1n) is 7.70. The summed E-state index contributed by atoms with van der Waals surface area (Å²) in [5.41, 5.74) is 0.911. The van der Waals surface area contributed by atoms with Crippen LogP contribution in [0.2, 0.25) is 0 Å². The number of aryl methyl sites for hydroxylation is 1. The van der Waals surface area contributed by atoms with Gasteiger partial charge in [-0.3, -0.25) is 9.78 Å². The Kier molecular flexibility index (Phi) is 6.24. The van der Waals surface area contributed by atoms with Crippen LogP contribution >= 0.6 is 0 Å². The fourth-order valence-corrected chi connectivity index (χ4v) is 1.96. The smallest absolute Gasteiger partial charge is 0.257 e. The Bertz CT molecular complexity index is 722. The quantitative estimate of drug-likeness (QED) is 0.798.